The van der Waals surface area contributed by atoms with Crippen molar-refractivity contribution < 1.29 is 0 Å². The second kappa shape index (κ2) is 22.9. The van der Waals surface area contributed by atoms with Crippen molar-refractivity contribution in [2.24, 2.45) is 0 Å². The van der Waals surface area contributed by atoms with Gasteiger partial charge < -0.3 is 19.6 Å². The highest BCUT2D eigenvalue weighted by Gasteiger charge is 2.47. The molecule has 0 aliphatic heterocycles. The van der Waals surface area contributed by atoms with Crippen molar-refractivity contribution in [3.63, 3.8) is 0 Å². The molecule has 2 saturated carbocycles. The molecule has 4 aliphatic carbocycles. The van der Waals surface area contributed by atoms with Crippen molar-refractivity contribution in [3.05, 3.63) is 350 Å². The van der Waals surface area contributed by atoms with Crippen LogP contribution in [0.25, 0.3) is 54.9 Å². The zero-order valence-corrected chi connectivity index (χ0v) is 52.6. The van der Waals surface area contributed by atoms with E-state index in [0.29, 0.717) is 0 Å². The number of para-hydroxylation sites is 4. The molecule has 4 heteroatoms. The van der Waals surface area contributed by atoms with Crippen LogP contribution in [0.5, 0.6) is 0 Å². The zero-order valence-electron chi connectivity index (χ0n) is 52.6. The molecule has 0 saturated heterocycles. The van der Waals surface area contributed by atoms with E-state index < -0.39 is 0 Å². The predicted octanol–water partition coefficient (Wildman–Crippen LogP) is 25.2. The minimum absolute atomic E-state index is 0.0802. The van der Waals surface area contributed by atoms with Crippen LogP contribution >= 0.6 is 0 Å². The maximum absolute atomic E-state index is 2.55. The van der Waals surface area contributed by atoms with Gasteiger partial charge in [0.2, 0.25) is 0 Å². The molecule has 0 heterocycles. The maximum Gasteiger partial charge on any atom is 0.0540 e. The molecule has 18 rings (SSSR count). The second-order valence-electron chi connectivity index (χ2n) is 26.3. The smallest absolute Gasteiger partial charge is 0.0540 e. The first-order chi connectivity index (χ1) is 46.6. The molecule has 0 unspecified atom stereocenters. The maximum atomic E-state index is 2.55. The standard InChI is InChI=1S/C90H70N4/c1-5-27-67(28-6-1)91(68-29-7-2-8-30-68)73-47-51-79-81-53-49-75(61-85(81)89(83(79)59-73)55-17-18-56-89)93(87-37-21-25-65-23-13-15-35-77(65)87)71-43-39-63(40-44-71)64-41-45-72(46-42-64)94(88-38-22-26-66-24-14-16-36-78(66)88)76-50-54-82-80-52-48-74(60-84(80)90(86(82)62-76)57-19-20-58-90)92(69-31-9-3-10-32-69)70-33-11-4-12-34-70/h1-16,21-54,59-62H,17-20,55-58H2. The van der Waals surface area contributed by atoms with Gasteiger partial charge in [0.1, 0.15) is 0 Å². The van der Waals surface area contributed by atoms with Gasteiger partial charge in [-0.3, -0.25) is 0 Å². The molecule has 2 spiro atoms. The highest BCUT2D eigenvalue weighted by molar-refractivity contribution is 6.02. The van der Waals surface area contributed by atoms with Gasteiger partial charge >= 0.3 is 0 Å². The van der Waals surface area contributed by atoms with Crippen molar-refractivity contribution in [1.82, 2.24) is 0 Å². The quantitative estimate of drug-likeness (QED) is 0.114. The number of hydrogen-bond acceptors (Lipinski definition) is 4. The van der Waals surface area contributed by atoms with Gasteiger partial charge in [0.25, 0.3) is 0 Å². The molecule has 0 bridgehead atoms. The Morgan fingerprint density at radius 3 is 0.777 bits per heavy atom. The van der Waals surface area contributed by atoms with Crippen LogP contribution in [0.1, 0.15) is 73.6 Å². The monoisotopic (exact) mass is 1210 g/mol. The fourth-order valence-corrected chi connectivity index (χ4v) is 17.0. The number of fused-ring (bicyclic) bond motifs is 12. The van der Waals surface area contributed by atoms with Gasteiger partial charge in [0, 0.05) is 78.5 Å². The first kappa shape index (κ1) is 55.6. The third kappa shape index (κ3) is 9.18. The summed E-state index contributed by atoms with van der Waals surface area (Å²) < 4.78 is 0. The molecule has 2 fully saturated rings. The Labute approximate surface area is 551 Å². The molecule has 14 aromatic carbocycles. The van der Waals surface area contributed by atoms with E-state index in [9.17, 15) is 0 Å². The summed E-state index contributed by atoms with van der Waals surface area (Å²) in [6.07, 6.45) is 9.36. The molecular weight excluding hydrogens is 1140 g/mol. The topological polar surface area (TPSA) is 13.0 Å². The van der Waals surface area contributed by atoms with Crippen LogP contribution in [0.15, 0.2) is 328 Å². The number of hydrogen-bond donors (Lipinski definition) is 0. The summed E-state index contributed by atoms with van der Waals surface area (Å²) in [7, 11) is 0. The van der Waals surface area contributed by atoms with Crippen LogP contribution in [-0.4, -0.2) is 0 Å². The fraction of sp³-hybridized carbons (Fsp3) is 0.111. The molecule has 0 atom stereocenters. The zero-order chi connectivity index (χ0) is 62.2. The largest absolute Gasteiger partial charge is 0.310 e. The van der Waals surface area contributed by atoms with Crippen LogP contribution < -0.4 is 19.6 Å². The number of nitrogens with zero attached hydrogens (tertiary/aromatic N) is 4. The summed E-state index contributed by atoms with van der Waals surface area (Å²) in [6, 6.07) is 122. The van der Waals surface area contributed by atoms with Crippen molar-refractivity contribution in [3.8, 4) is 33.4 Å². The lowest BCUT2D eigenvalue weighted by Crippen LogP contribution is -2.22. The van der Waals surface area contributed by atoms with Crippen LogP contribution in [0.2, 0.25) is 0 Å². The van der Waals surface area contributed by atoms with E-state index >= 15 is 0 Å². The summed E-state index contributed by atoms with van der Waals surface area (Å²) in [5.74, 6) is 0. The van der Waals surface area contributed by atoms with Crippen molar-refractivity contribution in [2.75, 3.05) is 19.6 Å². The Balaban J connectivity index is 0.704. The Kier molecular flexibility index (Phi) is 13.5. The van der Waals surface area contributed by atoms with E-state index in [1.165, 1.54) is 137 Å². The lowest BCUT2D eigenvalue weighted by atomic mass is 9.76. The van der Waals surface area contributed by atoms with E-state index in [0.717, 1.165) is 59.8 Å². The van der Waals surface area contributed by atoms with Gasteiger partial charge in [-0.25, -0.2) is 0 Å². The molecule has 0 aromatic heterocycles. The minimum atomic E-state index is -0.0802. The summed E-state index contributed by atoms with van der Waals surface area (Å²) in [5.41, 5.74) is 27.4. The lowest BCUT2D eigenvalue weighted by molar-refractivity contribution is 0.550. The van der Waals surface area contributed by atoms with Gasteiger partial charge in [-0.1, -0.05) is 220 Å². The van der Waals surface area contributed by atoms with E-state index in [1.807, 2.05) is 0 Å². The average Bonchev–Trinajstić information content (AvgIpc) is 1.56. The molecule has 4 aliphatic rings. The predicted molar refractivity (Wildman–Crippen MR) is 395 cm³/mol. The van der Waals surface area contributed by atoms with Crippen LogP contribution in [0, 0.1) is 0 Å². The number of anilines is 12. The van der Waals surface area contributed by atoms with Crippen LogP contribution in [-0.2, 0) is 10.8 Å². The molecular formula is C90H70N4. The Bertz CT molecular complexity index is 4730. The van der Waals surface area contributed by atoms with E-state index in [4.69, 9.17) is 0 Å². The van der Waals surface area contributed by atoms with E-state index in [1.54, 1.807) is 0 Å². The van der Waals surface area contributed by atoms with Crippen LogP contribution in [0.3, 0.4) is 0 Å². The molecule has 0 N–H and O–H groups in total. The van der Waals surface area contributed by atoms with Gasteiger partial charge in [0.05, 0.1) is 11.4 Å². The van der Waals surface area contributed by atoms with Crippen molar-refractivity contribution in [1.29, 1.82) is 0 Å². The van der Waals surface area contributed by atoms with Crippen molar-refractivity contribution >= 4 is 89.8 Å². The van der Waals surface area contributed by atoms with Gasteiger partial charge in [-0.05, 0) is 226 Å². The summed E-state index contributed by atoms with van der Waals surface area (Å²) in [4.78, 5) is 9.85. The number of rotatable bonds is 13. The number of benzene rings is 14. The summed E-state index contributed by atoms with van der Waals surface area (Å²) in [5, 5.41) is 4.89. The second-order valence-corrected chi connectivity index (χ2v) is 26.3. The molecule has 0 amide bonds. The van der Waals surface area contributed by atoms with Gasteiger partial charge in [0.15, 0.2) is 0 Å². The normalized spacial score (nSPS) is 14.4. The minimum Gasteiger partial charge on any atom is -0.310 e. The highest BCUT2D eigenvalue weighted by Crippen LogP contribution is 2.61. The fourth-order valence-electron chi connectivity index (χ4n) is 17.0. The Morgan fingerprint density at radius 1 is 0.202 bits per heavy atom. The van der Waals surface area contributed by atoms with E-state index in [-0.39, 0.29) is 10.8 Å². The van der Waals surface area contributed by atoms with Gasteiger partial charge in [-0.15, -0.1) is 0 Å². The first-order valence-corrected chi connectivity index (χ1v) is 33.7. The lowest BCUT2D eigenvalue weighted by Gasteiger charge is -2.31. The third-order valence-electron chi connectivity index (χ3n) is 21.3. The SMILES string of the molecule is c1ccc(N(c2ccccc2)c2ccc3c(c2)C2(CCCC2)c2cc(N(c4ccc(-c5ccc(N(c6ccc7c(c6)C6(CCCC6)c6cc(N(c8ccccc8)c8ccccc8)ccc6-7)c6cccc7ccccc67)cc5)cc4)c4cccc5ccccc45)ccc2-3)cc1. The first-order valence-electron chi connectivity index (χ1n) is 33.7. The summed E-state index contributed by atoms with van der Waals surface area (Å²) in [6.45, 7) is 0. The summed E-state index contributed by atoms with van der Waals surface area (Å²) >= 11 is 0. The Morgan fingerprint density at radius 2 is 0.457 bits per heavy atom. The van der Waals surface area contributed by atoms with Crippen LogP contribution in [0.4, 0.5) is 68.2 Å². The third-order valence-corrected chi connectivity index (χ3v) is 21.3. The van der Waals surface area contributed by atoms with E-state index in [2.05, 4.69) is 347 Å². The molecule has 0 radical (unpaired) electrons. The molecule has 4 nitrogen and oxygen atoms in total. The Hall–Kier alpha value is -11.2. The molecule has 14 aromatic rings. The highest BCUT2D eigenvalue weighted by atomic mass is 15.2. The molecule has 450 valence electrons. The van der Waals surface area contributed by atoms with Gasteiger partial charge in [-0.2, -0.15) is 0 Å². The van der Waals surface area contributed by atoms with Crippen molar-refractivity contribution in [2.45, 2.75) is 62.2 Å². The average molecular weight is 1210 g/mol. The molecule has 94 heavy (non-hydrogen) atoms.